The second-order valence-electron chi connectivity index (χ2n) is 5.75. The maximum Gasteiger partial charge on any atom is 0.357 e. The van der Waals surface area contributed by atoms with Crippen LogP contribution in [0.15, 0.2) is 48.5 Å². The van der Waals surface area contributed by atoms with Crippen molar-refractivity contribution in [2.45, 2.75) is 5.33 Å². The van der Waals surface area contributed by atoms with Crippen LogP contribution in [0, 0.1) is 5.82 Å². The topological polar surface area (TPSA) is 70.4 Å². The number of carbonyl (C=O) groups is 2. The second kappa shape index (κ2) is 8.35. The number of benzene rings is 2. The molecule has 0 unspecified atom stereocenters. The first kappa shape index (κ1) is 19.8. The smallest absolute Gasteiger partial charge is 0.357 e. The fraction of sp³-hybridized carbons (Fsp3) is 0.150. The first-order chi connectivity index (χ1) is 13.5. The van der Waals surface area contributed by atoms with Crippen LogP contribution in [-0.4, -0.2) is 35.9 Å². The average molecular weight is 447 g/mol. The predicted molar refractivity (Wildman–Crippen MR) is 104 cm³/mol. The average Bonchev–Trinajstić information content (AvgIpc) is 3.13. The first-order valence-electron chi connectivity index (χ1n) is 8.21. The minimum Gasteiger partial charge on any atom is -0.465 e. The van der Waals surface area contributed by atoms with Crippen LogP contribution >= 0.6 is 15.9 Å². The number of alkyl halides is 1. The molecule has 1 heterocycles. The van der Waals surface area contributed by atoms with Gasteiger partial charge in [-0.3, -0.25) is 0 Å². The van der Waals surface area contributed by atoms with Gasteiger partial charge in [-0.05, 0) is 29.8 Å². The molecule has 3 aromatic rings. The second-order valence-corrected chi connectivity index (χ2v) is 6.31. The van der Waals surface area contributed by atoms with Gasteiger partial charge in [0, 0.05) is 10.9 Å². The molecule has 0 saturated heterocycles. The summed E-state index contributed by atoms with van der Waals surface area (Å²) >= 11 is 3.27. The molecule has 1 aromatic heterocycles. The van der Waals surface area contributed by atoms with Crippen LogP contribution in [0.5, 0.6) is 0 Å². The zero-order valence-electron chi connectivity index (χ0n) is 15.1. The van der Waals surface area contributed by atoms with Gasteiger partial charge in [-0.1, -0.05) is 40.2 Å². The molecule has 8 heteroatoms. The maximum atomic E-state index is 14.8. The van der Waals surface area contributed by atoms with Gasteiger partial charge in [0.2, 0.25) is 0 Å². The summed E-state index contributed by atoms with van der Waals surface area (Å²) in [4.78, 5) is 25.0. The number of hydrogen-bond acceptors (Lipinski definition) is 5. The lowest BCUT2D eigenvalue weighted by Gasteiger charge is -2.07. The maximum absolute atomic E-state index is 14.8. The quantitative estimate of drug-likeness (QED) is 0.434. The van der Waals surface area contributed by atoms with Gasteiger partial charge >= 0.3 is 11.9 Å². The van der Waals surface area contributed by atoms with E-state index in [1.165, 1.54) is 31.0 Å². The number of hydrogen-bond donors (Lipinski definition) is 0. The predicted octanol–water partition coefficient (Wildman–Crippen LogP) is 4.15. The van der Waals surface area contributed by atoms with Crippen LogP contribution in [0.3, 0.4) is 0 Å². The minimum atomic E-state index is -0.818. The number of carbonyl (C=O) groups excluding carboxylic acids is 2. The lowest BCUT2D eigenvalue weighted by atomic mass is 10.0. The number of ether oxygens (including phenoxy) is 2. The Morgan fingerprint density at radius 1 is 1.07 bits per heavy atom. The lowest BCUT2D eigenvalue weighted by molar-refractivity contribution is 0.0549. The molecule has 0 atom stereocenters. The molecule has 144 valence electrons. The number of nitrogens with zero attached hydrogens (tertiary/aromatic N) is 2. The highest BCUT2D eigenvalue weighted by atomic mass is 79.9. The molecule has 6 nitrogen and oxygen atoms in total. The van der Waals surface area contributed by atoms with Gasteiger partial charge < -0.3 is 9.47 Å². The van der Waals surface area contributed by atoms with E-state index in [0.717, 1.165) is 5.56 Å². The van der Waals surface area contributed by atoms with Crippen molar-refractivity contribution < 1.29 is 23.5 Å². The highest BCUT2D eigenvalue weighted by Crippen LogP contribution is 2.31. The summed E-state index contributed by atoms with van der Waals surface area (Å²) in [5.74, 6) is -2.18. The highest BCUT2D eigenvalue weighted by Gasteiger charge is 2.32. The SMILES string of the molecule is COC(=O)c1c(-c2ccc(CBr)cc2F)nn(-c2ccccc2)c1C(=O)OC. The van der Waals surface area contributed by atoms with Crippen molar-refractivity contribution >= 4 is 27.9 Å². The summed E-state index contributed by atoms with van der Waals surface area (Å²) in [5.41, 5.74) is 0.996. The monoisotopic (exact) mass is 446 g/mol. The summed E-state index contributed by atoms with van der Waals surface area (Å²) in [6.07, 6.45) is 0. The molecule has 0 aliphatic rings. The number of esters is 2. The van der Waals surface area contributed by atoms with E-state index in [1.807, 2.05) is 0 Å². The fourth-order valence-electron chi connectivity index (χ4n) is 2.78. The minimum absolute atomic E-state index is 0.00488. The third kappa shape index (κ3) is 3.55. The fourth-order valence-corrected chi connectivity index (χ4v) is 3.13. The Morgan fingerprint density at radius 2 is 1.75 bits per heavy atom. The van der Waals surface area contributed by atoms with E-state index < -0.39 is 17.8 Å². The first-order valence-corrected chi connectivity index (χ1v) is 9.33. The van der Waals surface area contributed by atoms with Crippen molar-refractivity contribution in [1.29, 1.82) is 0 Å². The van der Waals surface area contributed by atoms with Crippen LogP contribution in [0.2, 0.25) is 0 Å². The highest BCUT2D eigenvalue weighted by molar-refractivity contribution is 9.08. The standard InChI is InChI=1S/C20H16BrFN2O4/c1-27-19(25)16-17(14-9-8-12(11-21)10-15(14)22)23-24(18(16)20(26)28-2)13-6-4-3-5-7-13/h3-10H,11H2,1-2H3. The van der Waals surface area contributed by atoms with Gasteiger partial charge in [0.05, 0.1) is 19.9 Å². The normalized spacial score (nSPS) is 10.6. The molecule has 0 spiro atoms. The van der Waals surface area contributed by atoms with E-state index in [1.54, 1.807) is 36.4 Å². The molecule has 0 saturated carbocycles. The van der Waals surface area contributed by atoms with Crippen LogP contribution in [0.25, 0.3) is 16.9 Å². The van der Waals surface area contributed by atoms with Crippen LogP contribution in [0.4, 0.5) is 4.39 Å². The Balaban J connectivity index is 2.35. The Bertz CT molecular complexity index is 1030. The van der Waals surface area contributed by atoms with Crippen molar-refractivity contribution in [3.05, 3.63) is 71.2 Å². The molecule has 0 N–H and O–H groups in total. The molecule has 0 aliphatic carbocycles. The summed E-state index contributed by atoms with van der Waals surface area (Å²) in [5, 5.41) is 4.84. The third-order valence-electron chi connectivity index (χ3n) is 4.10. The number of methoxy groups -OCH3 is 2. The van der Waals surface area contributed by atoms with E-state index in [9.17, 15) is 14.0 Å². The molecule has 0 fully saturated rings. The van der Waals surface area contributed by atoms with Crippen molar-refractivity contribution in [2.75, 3.05) is 14.2 Å². The van der Waals surface area contributed by atoms with E-state index in [-0.39, 0.29) is 22.5 Å². The van der Waals surface area contributed by atoms with Gasteiger partial charge in [0.1, 0.15) is 17.1 Å². The third-order valence-corrected chi connectivity index (χ3v) is 4.74. The van der Waals surface area contributed by atoms with E-state index in [4.69, 9.17) is 9.47 Å². The summed E-state index contributed by atoms with van der Waals surface area (Å²) in [7, 11) is 2.37. The van der Waals surface area contributed by atoms with E-state index >= 15 is 0 Å². The van der Waals surface area contributed by atoms with Crippen LogP contribution in [0.1, 0.15) is 26.4 Å². The van der Waals surface area contributed by atoms with Crippen LogP contribution in [-0.2, 0) is 14.8 Å². The Kier molecular flexibility index (Phi) is 5.89. The number of para-hydroxylation sites is 1. The van der Waals surface area contributed by atoms with Crippen molar-refractivity contribution in [3.8, 4) is 16.9 Å². The lowest BCUT2D eigenvalue weighted by Crippen LogP contribution is -2.15. The van der Waals surface area contributed by atoms with Crippen molar-refractivity contribution in [3.63, 3.8) is 0 Å². The molecular formula is C20H16BrFN2O4. The largest absolute Gasteiger partial charge is 0.465 e. The number of aromatic nitrogens is 2. The van der Waals surface area contributed by atoms with Crippen molar-refractivity contribution in [1.82, 2.24) is 9.78 Å². The van der Waals surface area contributed by atoms with Gasteiger partial charge in [-0.2, -0.15) is 5.10 Å². The Hall–Kier alpha value is -3.00. The molecule has 0 bridgehead atoms. The molecule has 0 aliphatic heterocycles. The number of halogens is 2. The summed E-state index contributed by atoms with van der Waals surface area (Å²) < 4.78 is 25.7. The van der Waals surface area contributed by atoms with Gasteiger partial charge in [-0.25, -0.2) is 18.7 Å². The van der Waals surface area contributed by atoms with Gasteiger partial charge in [0.25, 0.3) is 0 Å². The zero-order valence-corrected chi connectivity index (χ0v) is 16.7. The molecule has 28 heavy (non-hydrogen) atoms. The van der Waals surface area contributed by atoms with E-state index in [2.05, 4.69) is 21.0 Å². The molecular weight excluding hydrogens is 431 g/mol. The van der Waals surface area contributed by atoms with Gasteiger partial charge in [-0.15, -0.1) is 0 Å². The zero-order chi connectivity index (χ0) is 20.3. The van der Waals surface area contributed by atoms with Gasteiger partial charge in [0.15, 0.2) is 5.69 Å². The molecule has 2 aromatic carbocycles. The van der Waals surface area contributed by atoms with Crippen molar-refractivity contribution in [2.24, 2.45) is 0 Å². The molecule has 0 radical (unpaired) electrons. The van der Waals surface area contributed by atoms with E-state index in [0.29, 0.717) is 11.0 Å². The summed E-state index contributed by atoms with van der Waals surface area (Å²) in [6.45, 7) is 0. The molecule has 0 amide bonds. The van der Waals surface area contributed by atoms with Crippen LogP contribution < -0.4 is 0 Å². The Labute approximate surface area is 169 Å². The molecule has 3 rings (SSSR count). The summed E-state index contributed by atoms with van der Waals surface area (Å²) in [6, 6.07) is 13.3. The number of rotatable bonds is 5. The Morgan fingerprint density at radius 3 is 2.32 bits per heavy atom.